The maximum Gasteiger partial charge on any atom is 0.269 e. The summed E-state index contributed by atoms with van der Waals surface area (Å²) in [4.78, 5) is 14.5. The summed E-state index contributed by atoms with van der Waals surface area (Å²) in [5.41, 5.74) is 2.35. The molecule has 3 rings (SSSR count). The summed E-state index contributed by atoms with van der Waals surface area (Å²) < 4.78 is 0. The first-order valence-electron chi connectivity index (χ1n) is 7.56. The zero-order valence-corrected chi connectivity index (χ0v) is 13.1. The van der Waals surface area contributed by atoms with Crippen molar-refractivity contribution in [2.24, 2.45) is 0 Å². The summed E-state index contributed by atoms with van der Waals surface area (Å²) >= 11 is 0. The number of para-hydroxylation sites is 1. The molecule has 1 amide bonds. The topological polar surface area (TPSA) is 84.6 Å². The highest BCUT2D eigenvalue weighted by molar-refractivity contribution is 6.12. The molecule has 2 N–H and O–H groups in total. The third-order valence-electron chi connectivity index (χ3n) is 4.09. The van der Waals surface area contributed by atoms with Gasteiger partial charge in [0.05, 0.1) is 0 Å². The number of phenolic OH excluding ortho intramolecular Hbond substituents is 2. The molecular formula is C19H16N2O3. The second kappa shape index (κ2) is 6.09. The van der Waals surface area contributed by atoms with Gasteiger partial charge in [-0.3, -0.25) is 4.79 Å². The number of rotatable bonds is 2. The number of carbonyl (C=O) groups is 1. The highest BCUT2D eigenvalue weighted by atomic mass is 16.3. The molecule has 1 heterocycles. The maximum absolute atomic E-state index is 12.8. The number of hydrogen-bond acceptors (Lipinski definition) is 4. The Kier molecular flexibility index (Phi) is 3.97. The van der Waals surface area contributed by atoms with Gasteiger partial charge in [0.25, 0.3) is 5.91 Å². The Morgan fingerprint density at radius 2 is 2.00 bits per heavy atom. The molecule has 0 saturated heterocycles. The SMILES string of the molecule is CC1Cc2ccccc2N1C(=O)/C(C#N)=C/c1ccc(O)c(O)c1. The van der Waals surface area contributed by atoms with Crippen molar-refractivity contribution >= 4 is 17.7 Å². The summed E-state index contributed by atoms with van der Waals surface area (Å²) in [5.74, 6) is -0.921. The van der Waals surface area contributed by atoms with E-state index < -0.39 is 0 Å². The lowest BCUT2D eigenvalue weighted by atomic mass is 10.1. The van der Waals surface area contributed by atoms with Crippen LogP contribution in [0.3, 0.4) is 0 Å². The number of phenols is 2. The van der Waals surface area contributed by atoms with Crippen LogP contribution < -0.4 is 4.90 Å². The first-order chi connectivity index (χ1) is 11.5. The van der Waals surface area contributed by atoms with Crippen LogP contribution in [-0.4, -0.2) is 22.2 Å². The van der Waals surface area contributed by atoms with Crippen LogP contribution >= 0.6 is 0 Å². The zero-order chi connectivity index (χ0) is 17.3. The molecule has 1 atom stereocenters. The van der Waals surface area contributed by atoms with Gasteiger partial charge >= 0.3 is 0 Å². The fourth-order valence-corrected chi connectivity index (χ4v) is 2.94. The standard InChI is InChI=1S/C19H16N2O3/c1-12-8-14-4-2-3-5-16(14)21(12)19(24)15(11-20)9-13-6-7-17(22)18(23)10-13/h2-7,9-10,12,22-23H,8H2,1H3/b15-9+. The Bertz CT molecular complexity index is 880. The van der Waals surface area contributed by atoms with Gasteiger partial charge in [0.15, 0.2) is 11.5 Å². The summed E-state index contributed by atoms with van der Waals surface area (Å²) in [7, 11) is 0. The van der Waals surface area contributed by atoms with Gasteiger partial charge in [-0.05, 0) is 48.7 Å². The van der Waals surface area contributed by atoms with Gasteiger partial charge in [-0.1, -0.05) is 24.3 Å². The van der Waals surface area contributed by atoms with Crippen LogP contribution in [0.5, 0.6) is 11.5 Å². The van der Waals surface area contributed by atoms with Crippen molar-refractivity contribution in [3.63, 3.8) is 0 Å². The van der Waals surface area contributed by atoms with Crippen molar-refractivity contribution in [3.8, 4) is 17.6 Å². The van der Waals surface area contributed by atoms with E-state index in [1.54, 1.807) is 4.90 Å². The number of amides is 1. The number of hydrogen-bond donors (Lipinski definition) is 2. The monoisotopic (exact) mass is 320 g/mol. The van der Waals surface area contributed by atoms with Gasteiger partial charge in [0, 0.05) is 11.7 Å². The van der Waals surface area contributed by atoms with E-state index in [0.717, 1.165) is 17.7 Å². The number of fused-ring (bicyclic) bond motifs is 1. The van der Waals surface area contributed by atoms with Gasteiger partial charge in [-0.15, -0.1) is 0 Å². The molecule has 0 fully saturated rings. The van der Waals surface area contributed by atoms with E-state index in [0.29, 0.717) is 5.56 Å². The largest absolute Gasteiger partial charge is 0.504 e. The number of benzene rings is 2. The summed E-state index contributed by atoms with van der Waals surface area (Å²) in [5, 5.41) is 28.3. The van der Waals surface area contributed by atoms with Crippen LogP contribution in [-0.2, 0) is 11.2 Å². The van der Waals surface area contributed by atoms with E-state index in [4.69, 9.17) is 0 Å². The van der Waals surface area contributed by atoms with Gasteiger partial charge in [0.2, 0.25) is 0 Å². The summed E-state index contributed by atoms with van der Waals surface area (Å²) in [6.45, 7) is 1.94. The fourth-order valence-electron chi connectivity index (χ4n) is 2.94. The van der Waals surface area contributed by atoms with Gasteiger partial charge in [-0.25, -0.2) is 0 Å². The lowest BCUT2D eigenvalue weighted by molar-refractivity contribution is -0.115. The zero-order valence-electron chi connectivity index (χ0n) is 13.1. The predicted octanol–water partition coefficient (Wildman–Crippen LogP) is 2.98. The molecule has 5 nitrogen and oxygen atoms in total. The van der Waals surface area contributed by atoms with Crippen LogP contribution in [0.15, 0.2) is 48.0 Å². The third kappa shape index (κ3) is 2.70. The van der Waals surface area contributed by atoms with Gasteiger partial charge < -0.3 is 15.1 Å². The number of anilines is 1. The van der Waals surface area contributed by atoms with Crippen LogP contribution in [0.1, 0.15) is 18.1 Å². The fraction of sp³-hybridized carbons (Fsp3) is 0.158. The number of carbonyl (C=O) groups excluding carboxylic acids is 1. The van der Waals surface area contributed by atoms with E-state index >= 15 is 0 Å². The van der Waals surface area contributed by atoms with E-state index in [1.165, 1.54) is 24.3 Å². The third-order valence-corrected chi connectivity index (χ3v) is 4.09. The van der Waals surface area contributed by atoms with Crippen molar-refractivity contribution in [1.82, 2.24) is 0 Å². The Balaban J connectivity index is 1.97. The minimum absolute atomic E-state index is 0.0244. The van der Waals surface area contributed by atoms with Gasteiger partial charge in [-0.2, -0.15) is 5.26 Å². The second-order valence-electron chi connectivity index (χ2n) is 5.77. The Labute approximate surface area is 139 Å². The number of aromatic hydroxyl groups is 2. The lowest BCUT2D eigenvalue weighted by Crippen LogP contribution is -2.36. The van der Waals surface area contributed by atoms with E-state index in [-0.39, 0.29) is 29.0 Å². The Morgan fingerprint density at radius 1 is 1.25 bits per heavy atom. The van der Waals surface area contributed by atoms with E-state index in [9.17, 15) is 20.3 Å². The molecular weight excluding hydrogens is 304 g/mol. The van der Waals surface area contributed by atoms with Gasteiger partial charge in [0.1, 0.15) is 11.6 Å². The predicted molar refractivity (Wildman–Crippen MR) is 90.5 cm³/mol. The molecule has 0 aliphatic carbocycles. The van der Waals surface area contributed by atoms with Crippen molar-refractivity contribution in [1.29, 1.82) is 5.26 Å². The second-order valence-corrected chi connectivity index (χ2v) is 5.77. The average molecular weight is 320 g/mol. The Morgan fingerprint density at radius 3 is 2.71 bits per heavy atom. The first-order valence-corrected chi connectivity index (χ1v) is 7.56. The van der Waals surface area contributed by atoms with E-state index in [2.05, 4.69) is 0 Å². The smallest absolute Gasteiger partial charge is 0.269 e. The minimum atomic E-state index is -0.373. The molecule has 2 aromatic rings. The molecule has 5 heteroatoms. The minimum Gasteiger partial charge on any atom is -0.504 e. The molecule has 0 saturated carbocycles. The highest BCUT2D eigenvalue weighted by Gasteiger charge is 2.32. The molecule has 24 heavy (non-hydrogen) atoms. The molecule has 0 aromatic heterocycles. The average Bonchev–Trinajstić information content (AvgIpc) is 2.91. The quantitative estimate of drug-likeness (QED) is 0.506. The van der Waals surface area contributed by atoms with Crippen LogP contribution in [0.25, 0.3) is 6.08 Å². The van der Waals surface area contributed by atoms with Crippen molar-refractivity contribution < 1.29 is 15.0 Å². The normalized spacial score (nSPS) is 16.6. The number of nitrogens with zero attached hydrogens (tertiary/aromatic N) is 2. The highest BCUT2D eigenvalue weighted by Crippen LogP contribution is 2.33. The molecule has 120 valence electrons. The Hall–Kier alpha value is -3.26. The molecule has 1 aliphatic heterocycles. The molecule has 2 aromatic carbocycles. The summed E-state index contributed by atoms with van der Waals surface area (Å²) in [6.07, 6.45) is 2.16. The molecule has 0 radical (unpaired) electrons. The maximum atomic E-state index is 12.8. The van der Waals surface area contributed by atoms with Crippen LogP contribution in [0.4, 0.5) is 5.69 Å². The number of nitriles is 1. The van der Waals surface area contributed by atoms with Crippen molar-refractivity contribution in [2.45, 2.75) is 19.4 Å². The lowest BCUT2D eigenvalue weighted by Gasteiger charge is -2.22. The van der Waals surface area contributed by atoms with Crippen LogP contribution in [0, 0.1) is 11.3 Å². The summed E-state index contributed by atoms with van der Waals surface area (Å²) in [6, 6.07) is 13.7. The van der Waals surface area contributed by atoms with Crippen molar-refractivity contribution in [3.05, 3.63) is 59.2 Å². The molecule has 1 unspecified atom stereocenters. The van der Waals surface area contributed by atoms with E-state index in [1.807, 2.05) is 37.3 Å². The van der Waals surface area contributed by atoms with Crippen molar-refractivity contribution in [2.75, 3.05) is 4.90 Å². The first kappa shape index (κ1) is 15.6. The van der Waals surface area contributed by atoms with Crippen LogP contribution in [0.2, 0.25) is 0 Å². The molecule has 0 bridgehead atoms. The molecule has 0 spiro atoms. The molecule has 1 aliphatic rings.